The van der Waals surface area contributed by atoms with Crippen molar-refractivity contribution in [1.29, 1.82) is 0 Å². The van der Waals surface area contributed by atoms with E-state index < -0.39 is 24.3 Å². The summed E-state index contributed by atoms with van der Waals surface area (Å²) >= 11 is 0. The fourth-order valence-electron chi connectivity index (χ4n) is 8.51. The number of hydrogen-bond acceptors (Lipinski definition) is 9. The molecular formula is C44H54N8O7. The molecule has 0 radical (unpaired) electrons. The third-order valence-corrected chi connectivity index (χ3v) is 11.6. The van der Waals surface area contributed by atoms with Crippen LogP contribution >= 0.6 is 0 Å². The molecule has 0 saturated carbocycles. The lowest BCUT2D eigenvalue weighted by Gasteiger charge is -2.30. The van der Waals surface area contributed by atoms with Gasteiger partial charge in [0.15, 0.2) is 0 Å². The summed E-state index contributed by atoms with van der Waals surface area (Å²) in [4.78, 5) is 72.1. The summed E-state index contributed by atoms with van der Waals surface area (Å²) in [5.41, 5.74) is 5.62. The van der Waals surface area contributed by atoms with Gasteiger partial charge in [0.25, 0.3) is 0 Å². The Bertz CT molecular complexity index is 2320. The zero-order valence-corrected chi connectivity index (χ0v) is 34.7. The largest absolute Gasteiger partial charge is 0.453 e. The molecule has 4 heterocycles. The van der Waals surface area contributed by atoms with Crippen LogP contribution in [0.2, 0.25) is 0 Å². The maximum atomic E-state index is 14.0. The molecule has 0 unspecified atom stereocenters. The van der Waals surface area contributed by atoms with Crippen LogP contribution in [0.4, 0.5) is 9.59 Å². The lowest BCUT2D eigenvalue weighted by Crippen LogP contribution is -2.51. The van der Waals surface area contributed by atoms with Crippen molar-refractivity contribution in [3.8, 4) is 22.4 Å². The summed E-state index contributed by atoms with van der Waals surface area (Å²) in [6.45, 7) is 9.18. The number of nitrogens with zero attached hydrogens (tertiary/aromatic N) is 4. The van der Waals surface area contributed by atoms with Crippen LogP contribution in [0.3, 0.4) is 0 Å². The number of imidazole rings is 2. The van der Waals surface area contributed by atoms with E-state index in [1.807, 2.05) is 43.6 Å². The van der Waals surface area contributed by atoms with Gasteiger partial charge in [-0.25, -0.2) is 19.6 Å². The van der Waals surface area contributed by atoms with Gasteiger partial charge in [-0.1, -0.05) is 70.2 Å². The van der Waals surface area contributed by atoms with E-state index in [4.69, 9.17) is 24.2 Å². The van der Waals surface area contributed by atoms with Crippen molar-refractivity contribution in [2.24, 2.45) is 17.8 Å². The number of carbonyl (C=O) groups is 4. The Morgan fingerprint density at radius 2 is 1.42 bits per heavy atom. The maximum Gasteiger partial charge on any atom is 0.407 e. The van der Waals surface area contributed by atoms with Gasteiger partial charge in [0.1, 0.15) is 23.7 Å². The van der Waals surface area contributed by atoms with E-state index in [1.165, 1.54) is 14.2 Å². The summed E-state index contributed by atoms with van der Waals surface area (Å²) in [5.74, 6) is 0.944. The molecule has 2 aliphatic heterocycles. The van der Waals surface area contributed by atoms with Gasteiger partial charge < -0.3 is 44.6 Å². The first kappa shape index (κ1) is 41.2. The van der Waals surface area contributed by atoms with Crippen molar-refractivity contribution in [1.82, 2.24) is 40.4 Å². The van der Waals surface area contributed by atoms with Crippen LogP contribution in [0, 0.1) is 17.8 Å². The number of nitrogens with one attached hydrogen (secondary N) is 4. The number of benzene rings is 3. The molecule has 0 spiro atoms. The number of likely N-dealkylation sites (tertiary alicyclic amines) is 2. The van der Waals surface area contributed by atoms with Crippen LogP contribution in [0.1, 0.15) is 70.7 Å². The Hall–Kier alpha value is -5.96. The van der Waals surface area contributed by atoms with Crippen molar-refractivity contribution < 1.29 is 33.4 Å². The number of amides is 4. The number of alkyl carbamates (subject to hydrolysis) is 2. The number of hydrogen-bond donors (Lipinski definition) is 4. The molecule has 15 heteroatoms. The van der Waals surface area contributed by atoms with Gasteiger partial charge in [-0.05, 0) is 65.3 Å². The van der Waals surface area contributed by atoms with Crippen LogP contribution in [0.15, 0.2) is 60.8 Å². The van der Waals surface area contributed by atoms with E-state index in [0.717, 1.165) is 62.9 Å². The molecule has 0 aliphatic carbocycles. The first-order valence-corrected chi connectivity index (χ1v) is 20.3. The summed E-state index contributed by atoms with van der Waals surface area (Å²) < 4.78 is 15.1. The Morgan fingerprint density at radius 1 is 0.780 bits per heavy atom. The van der Waals surface area contributed by atoms with E-state index in [0.29, 0.717) is 31.9 Å². The van der Waals surface area contributed by atoms with Gasteiger partial charge >= 0.3 is 12.2 Å². The molecule has 4 N–H and O–H groups in total. The van der Waals surface area contributed by atoms with Gasteiger partial charge in [0, 0.05) is 31.5 Å². The monoisotopic (exact) mass is 806 g/mol. The number of H-pyrrole nitrogens is 2. The molecule has 5 aromatic rings. The van der Waals surface area contributed by atoms with Gasteiger partial charge in [0.2, 0.25) is 11.8 Å². The fraction of sp³-hybridized carbons (Fsp3) is 0.455. The number of aromatic nitrogens is 4. The van der Waals surface area contributed by atoms with Gasteiger partial charge in [-0.2, -0.15) is 0 Å². The van der Waals surface area contributed by atoms with Crippen LogP contribution in [-0.4, -0.2) is 107 Å². The first-order chi connectivity index (χ1) is 28.4. The number of ether oxygens (including phenoxy) is 3. The Kier molecular flexibility index (Phi) is 12.2. The Labute approximate surface area is 343 Å². The highest BCUT2D eigenvalue weighted by atomic mass is 16.5. The smallest absolute Gasteiger partial charge is 0.407 e. The van der Waals surface area contributed by atoms with E-state index in [-0.39, 0.29) is 41.7 Å². The second kappa shape index (κ2) is 17.5. The second-order valence-electron chi connectivity index (χ2n) is 16.2. The first-order valence-electron chi connectivity index (χ1n) is 20.3. The fourth-order valence-corrected chi connectivity index (χ4v) is 8.51. The lowest BCUT2D eigenvalue weighted by atomic mass is 9.99. The van der Waals surface area contributed by atoms with E-state index >= 15 is 0 Å². The van der Waals surface area contributed by atoms with Gasteiger partial charge in [-0.3, -0.25) is 9.59 Å². The van der Waals surface area contributed by atoms with E-state index in [2.05, 4.69) is 69.1 Å². The number of fused-ring (bicyclic) bond motifs is 3. The minimum Gasteiger partial charge on any atom is -0.453 e. The molecule has 312 valence electrons. The van der Waals surface area contributed by atoms with Crippen molar-refractivity contribution in [3.05, 3.63) is 72.4 Å². The van der Waals surface area contributed by atoms with Crippen molar-refractivity contribution in [2.75, 3.05) is 41.0 Å². The third kappa shape index (κ3) is 8.47. The van der Waals surface area contributed by atoms with Crippen LogP contribution < -0.4 is 10.6 Å². The van der Waals surface area contributed by atoms with Crippen LogP contribution in [0.25, 0.3) is 44.2 Å². The SMILES string of the molecule is COC[C@H]1C[C@@H](c2nc3c(ccc4cc(-c5ccc(-c6cnc([C@@H]7CCCN7C(=O)[C@@H](NC(=O)OC)C(C)C)[nH]6)cc5)ccc43)[nH]2)N(C(=O)[C@@H](NC(=O)OC)C(C)C)C1. The summed E-state index contributed by atoms with van der Waals surface area (Å²) in [5, 5.41) is 7.45. The van der Waals surface area contributed by atoms with Gasteiger partial charge in [0.05, 0.1) is 55.8 Å². The van der Waals surface area contributed by atoms with Crippen molar-refractivity contribution in [2.45, 2.75) is 71.1 Å². The van der Waals surface area contributed by atoms with Crippen LogP contribution in [-0.2, 0) is 23.8 Å². The Balaban J connectivity index is 1.09. The normalized spacial score (nSPS) is 19.1. The summed E-state index contributed by atoms with van der Waals surface area (Å²) in [6.07, 6.45) is 2.82. The number of aromatic amines is 2. The molecule has 2 fully saturated rings. The van der Waals surface area contributed by atoms with E-state index in [1.54, 1.807) is 13.3 Å². The van der Waals surface area contributed by atoms with Crippen LogP contribution in [0.5, 0.6) is 0 Å². The van der Waals surface area contributed by atoms with Crippen molar-refractivity contribution >= 4 is 45.8 Å². The average Bonchev–Trinajstić information content (AvgIpc) is 4.07. The zero-order valence-electron chi connectivity index (χ0n) is 34.7. The summed E-state index contributed by atoms with van der Waals surface area (Å²) in [7, 11) is 4.24. The number of methoxy groups -OCH3 is 3. The molecule has 3 aromatic carbocycles. The van der Waals surface area contributed by atoms with Gasteiger partial charge in [-0.15, -0.1) is 0 Å². The number of rotatable bonds is 12. The maximum absolute atomic E-state index is 14.0. The molecule has 4 amide bonds. The minimum absolute atomic E-state index is 0.111. The zero-order chi connectivity index (χ0) is 42.0. The third-order valence-electron chi connectivity index (χ3n) is 11.6. The second-order valence-corrected chi connectivity index (χ2v) is 16.2. The topological polar surface area (TPSA) is 184 Å². The molecule has 2 aromatic heterocycles. The Morgan fingerprint density at radius 3 is 2.07 bits per heavy atom. The molecular weight excluding hydrogens is 753 g/mol. The predicted octanol–water partition coefficient (Wildman–Crippen LogP) is 6.73. The standard InChI is InChI=1S/C44H54N8O7/c1-24(2)36(49-43(55)58-6)41(53)51-18-8-9-34(51)39-45-21-33(47-39)28-12-10-27(11-13-28)29-14-16-31-30(20-29)15-17-32-38(31)48-40(46-32)35-19-26(23-57-5)22-52(35)42(54)37(25(3)4)50-44(56)59-7/h10-17,20-21,24-26,34-37H,8-9,18-19,22-23H2,1-7H3,(H,45,47)(H,46,48)(H,49,55)(H,50,56)/t26-,34-,35-,36-,37-/m0/s1. The molecule has 7 rings (SSSR count). The minimum atomic E-state index is -0.747. The quantitative estimate of drug-likeness (QED) is 0.106. The average molecular weight is 807 g/mol. The predicted molar refractivity (Wildman–Crippen MR) is 223 cm³/mol. The van der Waals surface area contributed by atoms with Crippen molar-refractivity contribution in [3.63, 3.8) is 0 Å². The number of carbonyl (C=O) groups excluding carboxylic acids is 4. The molecule has 59 heavy (non-hydrogen) atoms. The highest BCUT2D eigenvalue weighted by Crippen LogP contribution is 2.38. The summed E-state index contributed by atoms with van der Waals surface area (Å²) in [6, 6.07) is 16.8. The highest BCUT2D eigenvalue weighted by molar-refractivity contribution is 6.05. The molecule has 2 aliphatic rings. The molecule has 5 atom stereocenters. The van der Waals surface area contributed by atoms with E-state index in [9.17, 15) is 19.2 Å². The molecule has 2 saturated heterocycles. The molecule has 0 bridgehead atoms. The molecule has 15 nitrogen and oxygen atoms in total. The highest BCUT2D eigenvalue weighted by Gasteiger charge is 2.42. The lowest BCUT2D eigenvalue weighted by molar-refractivity contribution is -0.136.